The van der Waals surface area contributed by atoms with Crippen LogP contribution in [0.1, 0.15) is 25.8 Å². The molecule has 2 aromatic rings. The van der Waals surface area contributed by atoms with Crippen LogP contribution >= 0.6 is 0 Å². The molecular weight excluding hydrogens is 228 g/mol. The van der Waals surface area contributed by atoms with Gasteiger partial charge in [0.25, 0.3) is 5.97 Å². The summed E-state index contributed by atoms with van der Waals surface area (Å²) < 4.78 is 0. The van der Waals surface area contributed by atoms with Crippen LogP contribution in [0, 0.1) is 0 Å². The van der Waals surface area contributed by atoms with Gasteiger partial charge >= 0.3 is 0 Å². The standard InChI is InChI=1S/C12H16N2.C2H4O2/c1-2-10(13)7-9-8-14-12-6-4-3-5-11(9)12;1-2(3)4/h3-6,8,10,14H,2,7,13H2,1H3;1H3,(H,3,4)/t10-;/m1./s1. The lowest BCUT2D eigenvalue weighted by Crippen LogP contribution is -2.21. The summed E-state index contributed by atoms with van der Waals surface area (Å²) in [6, 6.07) is 8.62. The molecule has 0 aliphatic rings. The number of nitrogens with one attached hydrogen (secondary N) is 1. The van der Waals surface area contributed by atoms with Crippen molar-refractivity contribution < 1.29 is 9.90 Å². The number of hydrogen-bond acceptors (Lipinski definition) is 2. The summed E-state index contributed by atoms with van der Waals surface area (Å²) in [5.74, 6) is -0.833. The maximum Gasteiger partial charge on any atom is 0.300 e. The molecule has 1 aromatic heterocycles. The number of para-hydroxylation sites is 1. The van der Waals surface area contributed by atoms with Crippen LogP contribution in [0.3, 0.4) is 0 Å². The van der Waals surface area contributed by atoms with Crippen molar-refractivity contribution in [3.63, 3.8) is 0 Å². The topological polar surface area (TPSA) is 79.1 Å². The largest absolute Gasteiger partial charge is 0.481 e. The summed E-state index contributed by atoms with van der Waals surface area (Å²) in [6.07, 6.45) is 4.06. The number of rotatable bonds is 3. The molecule has 0 aliphatic carbocycles. The van der Waals surface area contributed by atoms with Crippen molar-refractivity contribution in [3.8, 4) is 0 Å². The van der Waals surface area contributed by atoms with E-state index in [1.807, 2.05) is 6.07 Å². The number of benzene rings is 1. The Labute approximate surface area is 107 Å². The van der Waals surface area contributed by atoms with Crippen LogP contribution in [0.2, 0.25) is 0 Å². The van der Waals surface area contributed by atoms with Crippen LogP contribution in [0.25, 0.3) is 10.9 Å². The van der Waals surface area contributed by atoms with Gasteiger partial charge in [0.05, 0.1) is 0 Å². The number of aromatic amines is 1. The average Bonchev–Trinajstić information content (AvgIpc) is 2.72. The van der Waals surface area contributed by atoms with Gasteiger partial charge in [0.1, 0.15) is 0 Å². The fourth-order valence-corrected chi connectivity index (χ4v) is 1.73. The minimum absolute atomic E-state index is 0.272. The Balaban J connectivity index is 0.000000357. The zero-order chi connectivity index (χ0) is 13.5. The van der Waals surface area contributed by atoms with Gasteiger partial charge in [-0.2, -0.15) is 0 Å². The van der Waals surface area contributed by atoms with E-state index in [2.05, 4.69) is 36.3 Å². The number of nitrogens with two attached hydrogens (primary N) is 1. The Bertz CT molecular complexity index is 501. The number of hydrogen-bond donors (Lipinski definition) is 3. The predicted octanol–water partition coefficient (Wildman–Crippen LogP) is 2.54. The number of carboxylic acids is 1. The third-order valence-corrected chi connectivity index (χ3v) is 2.68. The molecule has 0 fully saturated rings. The van der Waals surface area contributed by atoms with Crippen molar-refractivity contribution in [1.29, 1.82) is 0 Å². The summed E-state index contributed by atoms with van der Waals surface area (Å²) in [5.41, 5.74) is 8.47. The SMILES string of the molecule is CC(=O)O.CC[C@@H](N)Cc1c[nH]c2ccccc12. The summed E-state index contributed by atoms with van der Waals surface area (Å²) in [5, 5.41) is 8.72. The highest BCUT2D eigenvalue weighted by atomic mass is 16.4. The Morgan fingerprint density at radius 1 is 1.44 bits per heavy atom. The molecular formula is C14H20N2O2. The maximum atomic E-state index is 9.00. The maximum absolute atomic E-state index is 9.00. The molecule has 0 bridgehead atoms. The van der Waals surface area contributed by atoms with Crippen LogP contribution in [0.15, 0.2) is 30.5 Å². The Morgan fingerprint density at radius 3 is 2.67 bits per heavy atom. The second-order valence-electron chi connectivity index (χ2n) is 4.25. The van der Waals surface area contributed by atoms with Crippen LogP contribution < -0.4 is 5.73 Å². The summed E-state index contributed by atoms with van der Waals surface area (Å²) in [7, 11) is 0. The fraction of sp³-hybridized carbons (Fsp3) is 0.357. The number of fused-ring (bicyclic) bond motifs is 1. The number of H-pyrrole nitrogens is 1. The van der Waals surface area contributed by atoms with E-state index < -0.39 is 5.97 Å². The first-order chi connectivity index (χ1) is 8.54. The van der Waals surface area contributed by atoms with Crippen molar-refractivity contribution in [2.24, 2.45) is 5.73 Å². The number of carbonyl (C=O) groups is 1. The molecule has 0 amide bonds. The van der Waals surface area contributed by atoms with Gasteiger partial charge in [-0.1, -0.05) is 25.1 Å². The van der Waals surface area contributed by atoms with E-state index in [-0.39, 0.29) is 6.04 Å². The van der Waals surface area contributed by atoms with E-state index >= 15 is 0 Å². The molecule has 2 rings (SSSR count). The van der Waals surface area contributed by atoms with Crippen molar-refractivity contribution >= 4 is 16.9 Å². The van der Waals surface area contributed by atoms with E-state index in [0.717, 1.165) is 19.8 Å². The third-order valence-electron chi connectivity index (χ3n) is 2.68. The third kappa shape index (κ3) is 4.22. The lowest BCUT2D eigenvalue weighted by Gasteiger charge is -2.06. The number of aromatic nitrogens is 1. The molecule has 0 radical (unpaired) electrons. The van der Waals surface area contributed by atoms with Crippen LogP contribution in [0.4, 0.5) is 0 Å². The van der Waals surface area contributed by atoms with Gasteiger partial charge in [0.15, 0.2) is 0 Å². The molecule has 4 N–H and O–H groups in total. The van der Waals surface area contributed by atoms with Gasteiger partial charge in [0, 0.05) is 30.1 Å². The van der Waals surface area contributed by atoms with Gasteiger partial charge in [-0.25, -0.2) is 0 Å². The quantitative estimate of drug-likeness (QED) is 0.781. The summed E-state index contributed by atoms with van der Waals surface area (Å²) in [6.45, 7) is 3.21. The molecule has 4 heteroatoms. The van der Waals surface area contributed by atoms with E-state index in [4.69, 9.17) is 15.6 Å². The molecule has 0 aliphatic heterocycles. The Kier molecular flexibility index (Phi) is 5.39. The second-order valence-corrected chi connectivity index (χ2v) is 4.25. The highest BCUT2D eigenvalue weighted by Crippen LogP contribution is 2.18. The monoisotopic (exact) mass is 248 g/mol. The summed E-state index contributed by atoms with van der Waals surface area (Å²) in [4.78, 5) is 12.3. The Hall–Kier alpha value is -1.81. The molecule has 0 saturated carbocycles. The van der Waals surface area contributed by atoms with Crippen molar-refractivity contribution in [3.05, 3.63) is 36.0 Å². The summed E-state index contributed by atoms with van der Waals surface area (Å²) >= 11 is 0. The molecule has 0 spiro atoms. The molecule has 1 atom stereocenters. The minimum atomic E-state index is -0.833. The zero-order valence-electron chi connectivity index (χ0n) is 10.8. The van der Waals surface area contributed by atoms with Crippen molar-refractivity contribution in [2.75, 3.05) is 0 Å². The van der Waals surface area contributed by atoms with Crippen LogP contribution in [-0.4, -0.2) is 22.1 Å². The molecule has 1 heterocycles. The molecule has 18 heavy (non-hydrogen) atoms. The lowest BCUT2D eigenvalue weighted by atomic mass is 10.0. The second kappa shape index (κ2) is 6.81. The van der Waals surface area contributed by atoms with E-state index in [1.165, 1.54) is 16.5 Å². The van der Waals surface area contributed by atoms with Crippen LogP contribution in [-0.2, 0) is 11.2 Å². The fourth-order valence-electron chi connectivity index (χ4n) is 1.73. The van der Waals surface area contributed by atoms with Gasteiger partial charge in [-0.05, 0) is 24.5 Å². The van der Waals surface area contributed by atoms with Crippen LogP contribution in [0.5, 0.6) is 0 Å². The van der Waals surface area contributed by atoms with E-state index in [9.17, 15) is 0 Å². The molecule has 4 nitrogen and oxygen atoms in total. The average molecular weight is 248 g/mol. The zero-order valence-corrected chi connectivity index (χ0v) is 10.8. The van der Waals surface area contributed by atoms with E-state index in [1.54, 1.807) is 0 Å². The first-order valence-electron chi connectivity index (χ1n) is 6.04. The van der Waals surface area contributed by atoms with Gasteiger partial charge in [0.2, 0.25) is 0 Å². The van der Waals surface area contributed by atoms with Gasteiger partial charge < -0.3 is 15.8 Å². The van der Waals surface area contributed by atoms with Crippen molar-refractivity contribution in [2.45, 2.75) is 32.7 Å². The molecule has 98 valence electrons. The first kappa shape index (κ1) is 14.3. The normalized spacial score (nSPS) is 11.7. The highest BCUT2D eigenvalue weighted by Gasteiger charge is 2.06. The Morgan fingerprint density at radius 2 is 2.06 bits per heavy atom. The number of carboxylic acid groups (broad SMARTS) is 1. The van der Waals surface area contributed by atoms with Gasteiger partial charge in [-0.3, -0.25) is 4.79 Å². The predicted molar refractivity (Wildman–Crippen MR) is 73.6 cm³/mol. The van der Waals surface area contributed by atoms with Crippen molar-refractivity contribution in [1.82, 2.24) is 4.98 Å². The highest BCUT2D eigenvalue weighted by molar-refractivity contribution is 5.83. The van der Waals surface area contributed by atoms with E-state index in [0.29, 0.717) is 0 Å². The minimum Gasteiger partial charge on any atom is -0.481 e. The van der Waals surface area contributed by atoms with Gasteiger partial charge in [-0.15, -0.1) is 0 Å². The molecule has 1 aromatic carbocycles. The number of aliphatic carboxylic acids is 1. The lowest BCUT2D eigenvalue weighted by molar-refractivity contribution is -0.134. The molecule has 0 saturated heterocycles. The molecule has 0 unspecified atom stereocenters. The smallest absolute Gasteiger partial charge is 0.300 e. The first-order valence-corrected chi connectivity index (χ1v) is 6.04.